The van der Waals surface area contributed by atoms with Crippen LogP contribution in [0.1, 0.15) is 24.6 Å². The molecule has 1 aromatic carbocycles. The molecule has 0 aliphatic rings. The number of hydrogen-bond donors (Lipinski definition) is 1. The maximum Gasteiger partial charge on any atom is 0.0889 e. The molecular weight excluding hydrogens is 200 g/mol. The Labute approximate surface area is 95.0 Å². The normalized spacial score (nSPS) is 12.3. The van der Waals surface area contributed by atoms with Crippen molar-refractivity contribution in [2.75, 3.05) is 0 Å². The maximum atomic E-state index is 9.05. The van der Waals surface area contributed by atoms with Crippen LogP contribution in [-0.2, 0) is 7.05 Å². The molecule has 3 nitrogen and oxygen atoms in total. The summed E-state index contributed by atoms with van der Waals surface area (Å²) in [5.74, 6) is 0. The van der Waals surface area contributed by atoms with E-state index in [1.54, 1.807) is 0 Å². The molecule has 0 atom stereocenters. The van der Waals surface area contributed by atoms with Gasteiger partial charge in [-0.3, -0.25) is 0 Å². The van der Waals surface area contributed by atoms with E-state index in [0.717, 1.165) is 28.8 Å². The van der Waals surface area contributed by atoms with Gasteiger partial charge < -0.3 is 9.77 Å². The fourth-order valence-electron chi connectivity index (χ4n) is 2.18. The monoisotopic (exact) mass is 216 g/mol. The fourth-order valence-corrected chi connectivity index (χ4v) is 2.18. The van der Waals surface area contributed by atoms with Gasteiger partial charge in [-0.05, 0) is 19.4 Å². The summed E-state index contributed by atoms with van der Waals surface area (Å²) in [4.78, 5) is 0. The molecule has 2 rings (SSSR count). The van der Waals surface area contributed by atoms with E-state index in [1.165, 1.54) is 5.52 Å². The zero-order valence-corrected chi connectivity index (χ0v) is 9.86. The van der Waals surface area contributed by atoms with Gasteiger partial charge in [0.2, 0.25) is 0 Å². The van der Waals surface area contributed by atoms with Crippen molar-refractivity contribution < 1.29 is 5.21 Å². The van der Waals surface area contributed by atoms with Crippen molar-refractivity contribution in [2.45, 2.75) is 20.3 Å². The predicted octanol–water partition coefficient (Wildman–Crippen LogP) is 3.08. The van der Waals surface area contributed by atoms with E-state index in [-0.39, 0.29) is 0 Å². The van der Waals surface area contributed by atoms with E-state index in [4.69, 9.17) is 5.21 Å². The standard InChI is InChI=1S/C13H16N2O/c1-4-11(14-16)13-9(2)15(3)12-8-6-5-7-10(12)13/h5-8,16H,4H2,1-3H3/b14-11-. The molecule has 0 bridgehead atoms. The summed E-state index contributed by atoms with van der Waals surface area (Å²) in [6.45, 7) is 4.05. The van der Waals surface area contributed by atoms with E-state index in [1.807, 2.05) is 26.1 Å². The molecule has 3 heteroatoms. The van der Waals surface area contributed by atoms with E-state index in [9.17, 15) is 0 Å². The second kappa shape index (κ2) is 4.00. The van der Waals surface area contributed by atoms with Crippen molar-refractivity contribution in [3.63, 3.8) is 0 Å². The highest BCUT2D eigenvalue weighted by Crippen LogP contribution is 2.26. The van der Waals surface area contributed by atoms with Gasteiger partial charge in [0.05, 0.1) is 5.71 Å². The summed E-state index contributed by atoms with van der Waals surface area (Å²) in [5, 5.41) is 13.6. The Morgan fingerprint density at radius 1 is 1.38 bits per heavy atom. The number of fused-ring (bicyclic) bond motifs is 1. The summed E-state index contributed by atoms with van der Waals surface area (Å²) in [5.41, 5.74) is 4.11. The average molecular weight is 216 g/mol. The molecule has 0 aliphatic carbocycles. The zero-order chi connectivity index (χ0) is 11.7. The van der Waals surface area contributed by atoms with Crippen molar-refractivity contribution in [3.8, 4) is 0 Å². The van der Waals surface area contributed by atoms with Crippen molar-refractivity contribution in [2.24, 2.45) is 12.2 Å². The van der Waals surface area contributed by atoms with Crippen LogP contribution in [0.2, 0.25) is 0 Å². The molecule has 0 radical (unpaired) electrons. The number of aromatic nitrogens is 1. The Balaban J connectivity index is 2.83. The number of rotatable bonds is 2. The first kappa shape index (κ1) is 10.7. The van der Waals surface area contributed by atoms with Gasteiger partial charge in [-0.1, -0.05) is 30.3 Å². The minimum Gasteiger partial charge on any atom is -0.411 e. The summed E-state index contributed by atoms with van der Waals surface area (Å²) in [6, 6.07) is 8.18. The molecule has 1 heterocycles. The van der Waals surface area contributed by atoms with Crippen molar-refractivity contribution in [1.29, 1.82) is 0 Å². The largest absolute Gasteiger partial charge is 0.411 e. The molecular formula is C13H16N2O. The number of hydrogen-bond acceptors (Lipinski definition) is 2. The van der Waals surface area contributed by atoms with E-state index < -0.39 is 0 Å². The van der Waals surface area contributed by atoms with Gasteiger partial charge in [0, 0.05) is 29.2 Å². The van der Waals surface area contributed by atoms with Gasteiger partial charge in [-0.15, -0.1) is 0 Å². The van der Waals surface area contributed by atoms with Crippen molar-refractivity contribution in [1.82, 2.24) is 4.57 Å². The molecule has 0 unspecified atom stereocenters. The third kappa shape index (κ3) is 1.40. The first-order valence-corrected chi connectivity index (χ1v) is 5.46. The fraction of sp³-hybridized carbons (Fsp3) is 0.308. The van der Waals surface area contributed by atoms with E-state index in [0.29, 0.717) is 0 Å². The molecule has 16 heavy (non-hydrogen) atoms. The topological polar surface area (TPSA) is 37.5 Å². The Hall–Kier alpha value is -1.77. The van der Waals surface area contributed by atoms with Gasteiger partial charge in [0.1, 0.15) is 0 Å². The number of benzene rings is 1. The van der Waals surface area contributed by atoms with Crippen LogP contribution in [0.4, 0.5) is 0 Å². The van der Waals surface area contributed by atoms with Gasteiger partial charge in [-0.2, -0.15) is 0 Å². The lowest BCUT2D eigenvalue weighted by Crippen LogP contribution is -2.01. The lowest BCUT2D eigenvalue weighted by Gasteiger charge is -2.02. The molecule has 1 N–H and O–H groups in total. The van der Waals surface area contributed by atoms with Crippen LogP contribution in [0.3, 0.4) is 0 Å². The molecule has 2 aromatic rings. The van der Waals surface area contributed by atoms with Gasteiger partial charge in [-0.25, -0.2) is 0 Å². The Morgan fingerprint density at radius 2 is 2.06 bits per heavy atom. The molecule has 0 saturated heterocycles. The van der Waals surface area contributed by atoms with Crippen LogP contribution in [0.25, 0.3) is 10.9 Å². The number of oxime groups is 1. The minimum atomic E-state index is 0.728. The SMILES string of the molecule is CC/C(=N/O)c1c(C)n(C)c2ccccc12. The van der Waals surface area contributed by atoms with Crippen molar-refractivity contribution >= 4 is 16.6 Å². The average Bonchev–Trinajstić information content (AvgIpc) is 2.57. The minimum absolute atomic E-state index is 0.728. The molecule has 0 saturated carbocycles. The number of nitrogens with zero attached hydrogens (tertiary/aromatic N) is 2. The molecule has 0 spiro atoms. The van der Waals surface area contributed by atoms with Crippen LogP contribution in [0.5, 0.6) is 0 Å². The Morgan fingerprint density at radius 3 is 2.69 bits per heavy atom. The Bertz CT molecular complexity index is 552. The summed E-state index contributed by atoms with van der Waals surface area (Å²) in [7, 11) is 2.03. The van der Waals surface area contributed by atoms with Crippen LogP contribution in [0.15, 0.2) is 29.4 Å². The van der Waals surface area contributed by atoms with Crippen molar-refractivity contribution in [3.05, 3.63) is 35.5 Å². The second-order valence-electron chi connectivity index (χ2n) is 3.94. The first-order chi connectivity index (χ1) is 7.70. The molecule has 84 valence electrons. The predicted molar refractivity (Wildman–Crippen MR) is 66.3 cm³/mol. The number of para-hydroxylation sites is 1. The highest BCUT2D eigenvalue weighted by Gasteiger charge is 2.15. The summed E-state index contributed by atoms with van der Waals surface area (Å²) in [6.07, 6.45) is 0.728. The summed E-state index contributed by atoms with van der Waals surface area (Å²) < 4.78 is 2.13. The van der Waals surface area contributed by atoms with Crippen LogP contribution < -0.4 is 0 Å². The van der Waals surface area contributed by atoms with Gasteiger partial charge in [0.15, 0.2) is 0 Å². The second-order valence-corrected chi connectivity index (χ2v) is 3.94. The van der Waals surface area contributed by atoms with Crippen LogP contribution >= 0.6 is 0 Å². The van der Waals surface area contributed by atoms with Gasteiger partial charge >= 0.3 is 0 Å². The van der Waals surface area contributed by atoms with Gasteiger partial charge in [0.25, 0.3) is 0 Å². The third-order valence-corrected chi connectivity index (χ3v) is 3.14. The summed E-state index contributed by atoms with van der Waals surface area (Å²) >= 11 is 0. The maximum absolute atomic E-state index is 9.05. The van der Waals surface area contributed by atoms with E-state index >= 15 is 0 Å². The molecule has 0 amide bonds. The van der Waals surface area contributed by atoms with Crippen LogP contribution in [-0.4, -0.2) is 15.5 Å². The lowest BCUT2D eigenvalue weighted by molar-refractivity contribution is 0.318. The molecule has 0 fully saturated rings. The van der Waals surface area contributed by atoms with Crippen LogP contribution in [0, 0.1) is 6.92 Å². The highest BCUT2D eigenvalue weighted by molar-refractivity contribution is 6.11. The first-order valence-electron chi connectivity index (χ1n) is 5.46. The number of aryl methyl sites for hydroxylation is 1. The zero-order valence-electron chi connectivity index (χ0n) is 9.86. The lowest BCUT2D eigenvalue weighted by atomic mass is 10.0. The quantitative estimate of drug-likeness (QED) is 0.467. The van der Waals surface area contributed by atoms with E-state index in [2.05, 4.69) is 28.8 Å². The molecule has 1 aromatic heterocycles. The highest BCUT2D eigenvalue weighted by atomic mass is 16.4. The molecule has 0 aliphatic heterocycles. The smallest absolute Gasteiger partial charge is 0.0889 e. The Kier molecular flexibility index (Phi) is 2.69. The third-order valence-electron chi connectivity index (χ3n) is 3.14.